The smallest absolute Gasteiger partial charge is 0.284 e. The van der Waals surface area contributed by atoms with E-state index in [2.05, 4.69) is 5.10 Å². The van der Waals surface area contributed by atoms with E-state index in [0.29, 0.717) is 11.5 Å². The average Bonchev–Trinajstić information content (AvgIpc) is 2.84. The molecule has 0 radical (unpaired) electrons. The van der Waals surface area contributed by atoms with Crippen molar-refractivity contribution in [2.45, 2.75) is 20.8 Å². The molecular weight excluding hydrogens is 288 g/mol. The Hall–Kier alpha value is -2.88. The standard InChI is InChI=1S/C19H16N2O2/c1-11-4-7-17-14(8-11)10-16-18(23-17)20-21(19(16)22)15-6-5-12(2)13(3)9-15/h4-10H,1-3H3. The largest absolute Gasteiger partial charge is 0.436 e. The van der Waals surface area contributed by atoms with E-state index < -0.39 is 0 Å². The van der Waals surface area contributed by atoms with Gasteiger partial charge >= 0.3 is 0 Å². The van der Waals surface area contributed by atoms with Gasteiger partial charge in [0.15, 0.2) is 0 Å². The predicted molar refractivity (Wildman–Crippen MR) is 90.4 cm³/mol. The number of aryl methyl sites for hydroxylation is 3. The lowest BCUT2D eigenvalue weighted by Gasteiger charge is -2.03. The maximum atomic E-state index is 12.7. The highest BCUT2D eigenvalue weighted by Crippen LogP contribution is 2.26. The number of fused-ring (bicyclic) bond motifs is 2. The molecular formula is C19H16N2O2. The van der Waals surface area contributed by atoms with Crippen LogP contribution in [0.15, 0.2) is 51.7 Å². The molecule has 0 spiro atoms. The summed E-state index contributed by atoms with van der Waals surface area (Å²) < 4.78 is 7.22. The molecule has 0 saturated heterocycles. The molecule has 0 saturated carbocycles. The van der Waals surface area contributed by atoms with E-state index >= 15 is 0 Å². The first-order chi connectivity index (χ1) is 11.0. The number of aromatic nitrogens is 2. The summed E-state index contributed by atoms with van der Waals surface area (Å²) in [7, 11) is 0. The van der Waals surface area contributed by atoms with Gasteiger partial charge in [-0.2, -0.15) is 4.68 Å². The van der Waals surface area contributed by atoms with Crippen molar-refractivity contribution in [2.75, 3.05) is 0 Å². The summed E-state index contributed by atoms with van der Waals surface area (Å²) >= 11 is 0. The molecule has 4 heteroatoms. The fraction of sp³-hybridized carbons (Fsp3) is 0.158. The third kappa shape index (κ3) is 2.14. The lowest BCUT2D eigenvalue weighted by Crippen LogP contribution is -2.14. The minimum absolute atomic E-state index is 0.157. The van der Waals surface area contributed by atoms with Crippen molar-refractivity contribution in [3.8, 4) is 17.1 Å². The summed E-state index contributed by atoms with van der Waals surface area (Å²) in [4.78, 5) is 12.7. The monoisotopic (exact) mass is 304 g/mol. The zero-order valence-electron chi connectivity index (χ0n) is 13.3. The van der Waals surface area contributed by atoms with Crippen LogP contribution in [0, 0.1) is 20.8 Å². The molecule has 2 aliphatic rings. The van der Waals surface area contributed by atoms with Crippen LogP contribution in [0.3, 0.4) is 0 Å². The van der Waals surface area contributed by atoms with Gasteiger partial charge in [0.2, 0.25) is 5.89 Å². The van der Waals surface area contributed by atoms with Crippen molar-refractivity contribution < 1.29 is 4.42 Å². The van der Waals surface area contributed by atoms with Gasteiger partial charge in [-0.15, -0.1) is 5.10 Å². The van der Waals surface area contributed by atoms with Gasteiger partial charge in [-0.25, -0.2) is 0 Å². The zero-order chi connectivity index (χ0) is 16.1. The minimum atomic E-state index is -0.157. The molecule has 23 heavy (non-hydrogen) atoms. The van der Waals surface area contributed by atoms with Gasteiger partial charge < -0.3 is 4.42 Å². The normalized spacial score (nSPS) is 11.4. The molecule has 2 aliphatic heterocycles. The number of hydrogen-bond donors (Lipinski definition) is 0. The molecule has 0 fully saturated rings. The number of rotatable bonds is 1. The van der Waals surface area contributed by atoms with Crippen molar-refractivity contribution in [1.82, 2.24) is 9.78 Å². The second kappa shape index (κ2) is 4.81. The highest BCUT2D eigenvalue weighted by Gasteiger charge is 2.19. The molecule has 114 valence electrons. The van der Waals surface area contributed by atoms with Crippen LogP contribution in [-0.4, -0.2) is 9.78 Å². The zero-order valence-corrected chi connectivity index (χ0v) is 13.3. The summed E-state index contributed by atoms with van der Waals surface area (Å²) in [5.74, 6) is 0.365. The highest BCUT2D eigenvalue weighted by molar-refractivity contribution is 5.82. The highest BCUT2D eigenvalue weighted by atomic mass is 16.3. The molecule has 0 atom stereocenters. The van der Waals surface area contributed by atoms with E-state index in [0.717, 1.165) is 27.8 Å². The molecule has 4 rings (SSSR count). The van der Waals surface area contributed by atoms with Gasteiger partial charge in [0, 0.05) is 5.39 Å². The van der Waals surface area contributed by atoms with Crippen molar-refractivity contribution >= 4 is 11.0 Å². The van der Waals surface area contributed by atoms with E-state index in [-0.39, 0.29) is 5.56 Å². The number of nitrogens with zero attached hydrogens (tertiary/aromatic N) is 2. The molecule has 2 aromatic carbocycles. The molecule has 0 N–H and O–H groups in total. The molecule has 2 heterocycles. The Morgan fingerprint density at radius 2 is 1.78 bits per heavy atom. The van der Waals surface area contributed by atoms with Crippen LogP contribution in [0.4, 0.5) is 0 Å². The van der Waals surface area contributed by atoms with Crippen LogP contribution in [-0.2, 0) is 0 Å². The van der Waals surface area contributed by atoms with E-state index in [1.54, 1.807) is 0 Å². The van der Waals surface area contributed by atoms with Crippen molar-refractivity contribution in [2.24, 2.45) is 0 Å². The lowest BCUT2D eigenvalue weighted by molar-refractivity contribution is 0.591. The van der Waals surface area contributed by atoms with E-state index in [9.17, 15) is 4.79 Å². The first-order valence-corrected chi connectivity index (χ1v) is 7.54. The van der Waals surface area contributed by atoms with Crippen LogP contribution in [0.25, 0.3) is 28.1 Å². The minimum Gasteiger partial charge on any atom is -0.436 e. The second-order valence-electron chi connectivity index (χ2n) is 5.99. The Morgan fingerprint density at radius 1 is 0.957 bits per heavy atom. The van der Waals surface area contributed by atoms with Gasteiger partial charge in [-0.05, 0) is 62.2 Å². The molecule has 0 aromatic heterocycles. The van der Waals surface area contributed by atoms with Crippen molar-refractivity contribution in [1.29, 1.82) is 0 Å². The maximum absolute atomic E-state index is 12.7. The third-order valence-corrected chi connectivity index (χ3v) is 4.25. The van der Waals surface area contributed by atoms with Gasteiger partial charge in [0.1, 0.15) is 11.1 Å². The summed E-state index contributed by atoms with van der Waals surface area (Å²) in [5.41, 5.74) is 5.26. The lowest BCUT2D eigenvalue weighted by atomic mass is 10.1. The Labute approximate surface area is 133 Å². The Bertz CT molecular complexity index is 1070. The molecule has 0 unspecified atom stereocenters. The summed E-state index contributed by atoms with van der Waals surface area (Å²) in [6.45, 7) is 6.08. The Kier molecular flexibility index (Phi) is 2.88. The molecule has 0 amide bonds. The first-order valence-electron chi connectivity index (χ1n) is 7.54. The fourth-order valence-corrected chi connectivity index (χ4v) is 2.76. The number of hydrogen-bond acceptors (Lipinski definition) is 3. The maximum Gasteiger partial charge on any atom is 0.284 e. The van der Waals surface area contributed by atoms with E-state index in [4.69, 9.17) is 4.42 Å². The van der Waals surface area contributed by atoms with E-state index in [1.807, 2.05) is 63.2 Å². The Balaban J connectivity index is 2.00. The quantitative estimate of drug-likeness (QED) is 0.534. The molecule has 4 nitrogen and oxygen atoms in total. The SMILES string of the molecule is Cc1ccc2oc3nn(-c4ccc(C)c(C)c4)c(=O)c-3cc2c1. The molecule has 0 bridgehead atoms. The predicted octanol–water partition coefficient (Wildman–Crippen LogP) is 4.01. The van der Waals surface area contributed by atoms with Crippen LogP contribution < -0.4 is 5.56 Å². The van der Waals surface area contributed by atoms with Gasteiger partial charge in [-0.1, -0.05) is 17.7 Å². The van der Waals surface area contributed by atoms with Crippen LogP contribution in [0.1, 0.15) is 16.7 Å². The first kappa shape index (κ1) is 13.8. The van der Waals surface area contributed by atoms with Crippen LogP contribution >= 0.6 is 0 Å². The van der Waals surface area contributed by atoms with Crippen molar-refractivity contribution in [3.63, 3.8) is 0 Å². The Morgan fingerprint density at radius 3 is 2.57 bits per heavy atom. The summed E-state index contributed by atoms with van der Waals surface area (Å²) in [6, 6.07) is 13.6. The average molecular weight is 304 g/mol. The van der Waals surface area contributed by atoms with E-state index in [1.165, 1.54) is 10.2 Å². The molecule has 2 aromatic rings. The van der Waals surface area contributed by atoms with Crippen LogP contribution in [0.5, 0.6) is 0 Å². The van der Waals surface area contributed by atoms with Gasteiger partial charge in [0.05, 0.1) is 5.69 Å². The summed E-state index contributed by atoms with van der Waals surface area (Å²) in [6.07, 6.45) is 0. The second-order valence-corrected chi connectivity index (χ2v) is 5.99. The van der Waals surface area contributed by atoms with Gasteiger partial charge in [0.25, 0.3) is 5.56 Å². The topological polar surface area (TPSA) is 48.0 Å². The third-order valence-electron chi connectivity index (χ3n) is 4.25. The fourth-order valence-electron chi connectivity index (χ4n) is 2.76. The van der Waals surface area contributed by atoms with Crippen LogP contribution in [0.2, 0.25) is 0 Å². The number of benzene rings is 2. The van der Waals surface area contributed by atoms with Gasteiger partial charge in [-0.3, -0.25) is 4.79 Å². The summed E-state index contributed by atoms with van der Waals surface area (Å²) in [5, 5.41) is 5.27. The van der Waals surface area contributed by atoms with Crippen molar-refractivity contribution in [3.05, 3.63) is 69.5 Å². The molecule has 0 aliphatic carbocycles.